The second-order valence-electron chi connectivity index (χ2n) is 2.20. The fourth-order valence-electron chi connectivity index (χ4n) is 0.888. The Hall–Kier alpha value is -0.625. The molecule has 0 fully saturated rings. The lowest BCUT2D eigenvalue weighted by Gasteiger charge is -2.00. The quantitative estimate of drug-likeness (QED) is 0.474. The maximum Gasteiger partial charge on any atom is 0.107 e. The normalized spacial score (nSPS) is 9.70. The molecule has 0 amide bonds. The smallest absolute Gasteiger partial charge is 0.107 e. The fourth-order valence-corrected chi connectivity index (χ4v) is 1.07. The molecule has 0 spiro atoms. The summed E-state index contributed by atoms with van der Waals surface area (Å²) < 4.78 is 0. The third-order valence-electron chi connectivity index (χ3n) is 1.49. The standard InChI is InChI=1S/C7H9BClN/c8-4-5-1-2-6(9)3-7(5)10/h1-3H,4,8,10H2. The Kier molecular flexibility index (Phi) is 2.23. The van der Waals surface area contributed by atoms with Gasteiger partial charge in [-0.1, -0.05) is 24.0 Å². The van der Waals surface area contributed by atoms with Crippen LogP contribution in [-0.4, -0.2) is 7.85 Å². The highest BCUT2D eigenvalue weighted by Gasteiger charge is 1.95. The third kappa shape index (κ3) is 1.45. The van der Waals surface area contributed by atoms with Crippen LogP contribution in [0.4, 0.5) is 5.69 Å². The van der Waals surface area contributed by atoms with Crippen LogP contribution in [0.5, 0.6) is 0 Å². The number of halogens is 1. The summed E-state index contributed by atoms with van der Waals surface area (Å²) in [7, 11) is 2.07. The maximum atomic E-state index is 5.69. The van der Waals surface area contributed by atoms with Crippen molar-refractivity contribution < 1.29 is 0 Å². The molecule has 10 heavy (non-hydrogen) atoms. The van der Waals surface area contributed by atoms with E-state index in [0.717, 1.165) is 17.6 Å². The van der Waals surface area contributed by atoms with E-state index in [1.54, 1.807) is 6.07 Å². The van der Waals surface area contributed by atoms with E-state index in [9.17, 15) is 0 Å². The highest BCUT2D eigenvalue weighted by Crippen LogP contribution is 2.17. The van der Waals surface area contributed by atoms with Crippen LogP contribution >= 0.6 is 11.6 Å². The molecule has 0 unspecified atom stereocenters. The molecule has 0 bridgehead atoms. The van der Waals surface area contributed by atoms with E-state index in [4.69, 9.17) is 17.3 Å². The molecule has 0 aliphatic carbocycles. The molecule has 2 N–H and O–H groups in total. The predicted molar refractivity (Wildman–Crippen MR) is 48.1 cm³/mol. The number of nitrogen functional groups attached to an aromatic ring is 1. The highest BCUT2D eigenvalue weighted by atomic mass is 35.5. The lowest BCUT2D eigenvalue weighted by Crippen LogP contribution is -1.93. The van der Waals surface area contributed by atoms with Crippen molar-refractivity contribution in [2.75, 3.05) is 5.73 Å². The monoisotopic (exact) mass is 153 g/mol. The van der Waals surface area contributed by atoms with Crippen LogP contribution in [0.1, 0.15) is 5.56 Å². The summed E-state index contributed by atoms with van der Waals surface area (Å²) in [6, 6.07) is 5.59. The van der Waals surface area contributed by atoms with E-state index < -0.39 is 0 Å². The number of benzene rings is 1. The average Bonchev–Trinajstić information content (AvgIpc) is 1.88. The Morgan fingerprint density at radius 2 is 2.20 bits per heavy atom. The van der Waals surface area contributed by atoms with E-state index in [1.165, 1.54) is 0 Å². The fraction of sp³-hybridized carbons (Fsp3) is 0.143. The minimum atomic E-state index is 0.703. The first-order valence-corrected chi connectivity index (χ1v) is 3.65. The number of nitrogens with two attached hydrogens (primary N) is 1. The molecule has 52 valence electrons. The van der Waals surface area contributed by atoms with Crippen molar-refractivity contribution >= 4 is 25.1 Å². The number of hydrogen-bond donors (Lipinski definition) is 1. The molecule has 1 rings (SSSR count). The van der Waals surface area contributed by atoms with Gasteiger partial charge in [0.1, 0.15) is 7.85 Å². The Balaban J connectivity index is 3.07. The zero-order valence-electron chi connectivity index (χ0n) is 5.89. The van der Waals surface area contributed by atoms with Crippen molar-refractivity contribution in [1.82, 2.24) is 0 Å². The van der Waals surface area contributed by atoms with E-state index in [2.05, 4.69) is 7.85 Å². The minimum Gasteiger partial charge on any atom is -0.398 e. The third-order valence-corrected chi connectivity index (χ3v) is 1.72. The van der Waals surface area contributed by atoms with Crippen LogP contribution < -0.4 is 5.73 Å². The zero-order valence-corrected chi connectivity index (χ0v) is 6.65. The van der Waals surface area contributed by atoms with Crippen LogP contribution in [-0.2, 0) is 6.32 Å². The molecule has 0 saturated carbocycles. The van der Waals surface area contributed by atoms with Gasteiger partial charge in [-0.2, -0.15) is 0 Å². The van der Waals surface area contributed by atoms with Gasteiger partial charge in [0, 0.05) is 10.7 Å². The molecule has 1 nitrogen and oxygen atoms in total. The summed E-state index contributed by atoms with van der Waals surface area (Å²) >= 11 is 5.69. The molecule has 3 heteroatoms. The Morgan fingerprint density at radius 1 is 1.50 bits per heavy atom. The van der Waals surface area contributed by atoms with Crippen LogP contribution in [0, 0.1) is 0 Å². The molecule has 0 aliphatic heterocycles. The first kappa shape index (κ1) is 7.48. The molecule has 0 atom stereocenters. The predicted octanol–water partition coefficient (Wildman–Crippen LogP) is 1.06. The molecule has 0 radical (unpaired) electrons. The SMILES string of the molecule is BCc1ccc(Cl)cc1N. The Labute approximate surface area is 66.6 Å². The van der Waals surface area contributed by atoms with Gasteiger partial charge in [0.2, 0.25) is 0 Å². The van der Waals surface area contributed by atoms with Crippen LogP contribution in [0.3, 0.4) is 0 Å². The number of anilines is 1. The Morgan fingerprint density at radius 3 is 2.70 bits per heavy atom. The van der Waals surface area contributed by atoms with E-state index in [1.807, 2.05) is 12.1 Å². The van der Waals surface area contributed by atoms with E-state index >= 15 is 0 Å². The summed E-state index contributed by atoms with van der Waals surface area (Å²) in [4.78, 5) is 0. The highest BCUT2D eigenvalue weighted by molar-refractivity contribution is 6.30. The molecular weight excluding hydrogens is 144 g/mol. The number of hydrogen-bond acceptors (Lipinski definition) is 1. The molecular formula is C7H9BClN. The summed E-state index contributed by atoms with van der Waals surface area (Å²) in [6.07, 6.45) is 0.961. The molecule has 0 saturated heterocycles. The lowest BCUT2D eigenvalue weighted by molar-refractivity contribution is 1.40. The van der Waals surface area contributed by atoms with Gasteiger partial charge in [-0.25, -0.2) is 0 Å². The van der Waals surface area contributed by atoms with Gasteiger partial charge >= 0.3 is 0 Å². The molecule has 1 aromatic carbocycles. The van der Waals surface area contributed by atoms with Crippen molar-refractivity contribution in [1.29, 1.82) is 0 Å². The number of rotatable bonds is 1. The van der Waals surface area contributed by atoms with Gasteiger partial charge in [-0.3, -0.25) is 0 Å². The van der Waals surface area contributed by atoms with Gasteiger partial charge in [-0.05, 0) is 17.7 Å². The summed E-state index contributed by atoms with van der Waals surface area (Å²) in [6.45, 7) is 0. The van der Waals surface area contributed by atoms with Crippen LogP contribution in [0.2, 0.25) is 5.02 Å². The topological polar surface area (TPSA) is 26.0 Å². The minimum absolute atomic E-state index is 0.703. The average molecular weight is 153 g/mol. The van der Waals surface area contributed by atoms with Crippen molar-refractivity contribution in [3.05, 3.63) is 28.8 Å². The van der Waals surface area contributed by atoms with Crippen LogP contribution in [0.15, 0.2) is 18.2 Å². The molecule has 0 aliphatic rings. The van der Waals surface area contributed by atoms with E-state index in [0.29, 0.717) is 5.02 Å². The molecule has 0 aromatic heterocycles. The summed E-state index contributed by atoms with van der Waals surface area (Å²) in [5.74, 6) is 0. The lowest BCUT2D eigenvalue weighted by atomic mass is 9.96. The molecule has 0 heterocycles. The zero-order chi connectivity index (χ0) is 7.56. The van der Waals surface area contributed by atoms with Gasteiger partial charge in [0.05, 0.1) is 0 Å². The van der Waals surface area contributed by atoms with Crippen molar-refractivity contribution in [3.8, 4) is 0 Å². The van der Waals surface area contributed by atoms with Crippen molar-refractivity contribution in [2.24, 2.45) is 0 Å². The first-order chi connectivity index (χ1) is 4.74. The van der Waals surface area contributed by atoms with Crippen molar-refractivity contribution in [2.45, 2.75) is 6.32 Å². The first-order valence-electron chi connectivity index (χ1n) is 3.28. The van der Waals surface area contributed by atoms with Gasteiger partial charge in [-0.15, -0.1) is 0 Å². The Bertz CT molecular complexity index is 237. The van der Waals surface area contributed by atoms with Crippen molar-refractivity contribution in [3.63, 3.8) is 0 Å². The van der Waals surface area contributed by atoms with Crippen LogP contribution in [0.25, 0.3) is 0 Å². The van der Waals surface area contributed by atoms with Gasteiger partial charge < -0.3 is 5.73 Å². The second-order valence-corrected chi connectivity index (χ2v) is 2.63. The van der Waals surface area contributed by atoms with Gasteiger partial charge in [0.25, 0.3) is 0 Å². The van der Waals surface area contributed by atoms with E-state index in [-0.39, 0.29) is 0 Å². The maximum absolute atomic E-state index is 5.69. The summed E-state index contributed by atoms with van der Waals surface area (Å²) in [5.41, 5.74) is 7.59. The largest absolute Gasteiger partial charge is 0.398 e. The second kappa shape index (κ2) is 2.97. The summed E-state index contributed by atoms with van der Waals surface area (Å²) in [5, 5.41) is 0.703. The van der Waals surface area contributed by atoms with Gasteiger partial charge in [0.15, 0.2) is 0 Å². The molecule has 1 aromatic rings.